The molecule has 13 nitrogen and oxygen atoms in total. The van der Waals surface area contributed by atoms with Crippen LogP contribution >= 0.6 is 27.5 Å². The summed E-state index contributed by atoms with van der Waals surface area (Å²) in [4.78, 5) is 30.8. The number of phenolic OH excluding ortho intramolecular Hbond substituents is 1. The highest BCUT2D eigenvalue weighted by Crippen LogP contribution is 2.30. The molecule has 5 rings (SSSR count). The summed E-state index contributed by atoms with van der Waals surface area (Å²) in [5, 5.41) is 16.4. The van der Waals surface area contributed by atoms with Gasteiger partial charge in [-0.25, -0.2) is 0 Å². The normalized spacial score (nSPS) is 22.9. The molecule has 2 aliphatic rings. The Hall–Kier alpha value is -3.27. The van der Waals surface area contributed by atoms with Crippen LogP contribution in [0.3, 0.4) is 0 Å². The Balaban J connectivity index is 1.39. The zero-order valence-electron chi connectivity index (χ0n) is 22.2. The summed E-state index contributed by atoms with van der Waals surface area (Å²) in [6.07, 6.45) is 1.45. The molecular weight excluding hydrogens is 614 g/mol. The number of rotatable bonds is 6. The first-order valence-corrected chi connectivity index (χ1v) is 14.4. The summed E-state index contributed by atoms with van der Waals surface area (Å²) < 4.78 is 0.597. The minimum atomic E-state index is -0.483. The number of phenols is 1. The third kappa shape index (κ3) is 7.15. The molecule has 11 N–H and O–H groups in total. The predicted octanol–water partition coefficient (Wildman–Crippen LogP) is 1.72. The van der Waals surface area contributed by atoms with Gasteiger partial charge >= 0.3 is 0 Å². The molecule has 0 bridgehead atoms. The topological polar surface area (TPSA) is 211 Å². The molecule has 0 saturated carbocycles. The maximum absolute atomic E-state index is 12.7. The van der Waals surface area contributed by atoms with Crippen molar-refractivity contribution in [3.8, 4) is 5.75 Å². The second-order valence-electron chi connectivity index (χ2n) is 10.5. The number of hydrogen-bond donors (Lipinski definition) is 7. The van der Waals surface area contributed by atoms with Crippen LogP contribution in [0.2, 0.25) is 5.02 Å². The number of amides is 1. The van der Waals surface area contributed by atoms with Crippen LogP contribution in [0.15, 0.2) is 40.9 Å². The number of hydrogen-bond acceptors (Lipinski definition) is 12. The summed E-state index contributed by atoms with van der Waals surface area (Å²) in [5.74, 6) is 0.545. The number of aromatic hydroxyl groups is 1. The number of anilines is 5. The van der Waals surface area contributed by atoms with Crippen LogP contribution in [0.1, 0.15) is 23.2 Å². The predicted molar refractivity (Wildman–Crippen MR) is 164 cm³/mol. The van der Waals surface area contributed by atoms with Crippen LogP contribution in [0, 0.1) is 0 Å². The number of nitrogens with one attached hydrogen (secondary N) is 2. The van der Waals surface area contributed by atoms with E-state index < -0.39 is 5.91 Å². The van der Waals surface area contributed by atoms with E-state index in [2.05, 4.69) is 36.5 Å². The van der Waals surface area contributed by atoms with Crippen LogP contribution in [-0.2, 0) is 0 Å². The Morgan fingerprint density at radius 1 is 0.878 bits per heavy atom. The molecule has 4 atom stereocenters. The molecule has 2 aliphatic heterocycles. The van der Waals surface area contributed by atoms with E-state index >= 15 is 0 Å². The molecule has 0 spiro atoms. The quantitative estimate of drug-likeness (QED) is 0.204. The first-order chi connectivity index (χ1) is 19.5. The molecule has 0 aliphatic carbocycles. The van der Waals surface area contributed by atoms with E-state index in [1.807, 2.05) is 9.80 Å². The number of carbonyl (C=O) groups is 1. The third-order valence-electron chi connectivity index (χ3n) is 6.89. The van der Waals surface area contributed by atoms with Gasteiger partial charge in [0.2, 0.25) is 17.8 Å². The van der Waals surface area contributed by atoms with Gasteiger partial charge in [-0.2, -0.15) is 15.0 Å². The zero-order valence-corrected chi connectivity index (χ0v) is 24.5. The van der Waals surface area contributed by atoms with E-state index in [0.29, 0.717) is 64.9 Å². The van der Waals surface area contributed by atoms with E-state index in [0.717, 1.165) is 12.8 Å². The van der Waals surface area contributed by atoms with Crippen LogP contribution in [0.5, 0.6) is 5.75 Å². The van der Waals surface area contributed by atoms with Crippen LogP contribution in [0.4, 0.5) is 29.2 Å². The van der Waals surface area contributed by atoms with Crippen LogP contribution in [-0.4, -0.2) is 76.3 Å². The number of halogens is 2. The molecule has 1 amide bonds. The van der Waals surface area contributed by atoms with Crippen molar-refractivity contribution in [2.45, 2.75) is 37.0 Å². The van der Waals surface area contributed by atoms with E-state index in [9.17, 15) is 9.90 Å². The average molecular weight is 647 g/mol. The molecule has 3 heterocycles. The molecule has 218 valence electrons. The van der Waals surface area contributed by atoms with Gasteiger partial charge in [0.1, 0.15) is 5.75 Å². The van der Waals surface area contributed by atoms with Crippen molar-refractivity contribution in [2.24, 2.45) is 22.9 Å². The Bertz CT molecular complexity index is 1370. The summed E-state index contributed by atoms with van der Waals surface area (Å²) in [6, 6.07) is 9.17. The number of nitrogens with zero attached hydrogens (tertiary/aromatic N) is 5. The molecule has 0 radical (unpaired) electrons. The van der Waals surface area contributed by atoms with Crippen molar-refractivity contribution >= 4 is 62.7 Å². The SMILES string of the molecule is N[C@@H]1C[C@H](N)CN(c2nc(Nc3ccc(NC(=O)c4ccc(Cl)cc4O)c(Br)c3)nc(N3C[C@H](N)C[C@H](N)C3)n2)C1. The van der Waals surface area contributed by atoms with Crippen molar-refractivity contribution in [1.82, 2.24) is 15.0 Å². The molecule has 2 aromatic carbocycles. The summed E-state index contributed by atoms with van der Waals surface area (Å²) >= 11 is 9.38. The molecule has 15 heteroatoms. The number of aromatic nitrogens is 3. The van der Waals surface area contributed by atoms with E-state index in [1.165, 1.54) is 18.2 Å². The fourth-order valence-corrected chi connectivity index (χ4v) is 5.73. The lowest BCUT2D eigenvalue weighted by atomic mass is 10.0. The third-order valence-corrected chi connectivity index (χ3v) is 7.78. The Morgan fingerprint density at radius 2 is 1.44 bits per heavy atom. The second-order valence-corrected chi connectivity index (χ2v) is 11.8. The van der Waals surface area contributed by atoms with Crippen LogP contribution in [0.25, 0.3) is 0 Å². The van der Waals surface area contributed by atoms with Crippen molar-refractivity contribution in [2.75, 3.05) is 46.6 Å². The Labute approximate surface area is 250 Å². The second kappa shape index (κ2) is 12.3. The Morgan fingerprint density at radius 3 is 1.95 bits per heavy atom. The van der Waals surface area contributed by atoms with Gasteiger partial charge in [0.25, 0.3) is 5.91 Å². The lowest BCUT2D eigenvalue weighted by Gasteiger charge is -2.37. The van der Waals surface area contributed by atoms with Crippen molar-refractivity contribution < 1.29 is 9.90 Å². The minimum absolute atomic E-state index is 0.0966. The van der Waals surface area contributed by atoms with Gasteiger partial charge in [0, 0.05) is 65.5 Å². The first-order valence-electron chi connectivity index (χ1n) is 13.2. The molecule has 41 heavy (non-hydrogen) atoms. The minimum Gasteiger partial charge on any atom is -0.507 e. The molecular formula is C26H33BrClN11O2. The van der Waals surface area contributed by atoms with Gasteiger partial charge < -0.3 is 48.5 Å². The molecule has 2 saturated heterocycles. The van der Waals surface area contributed by atoms with Crippen LogP contribution < -0.4 is 43.4 Å². The highest BCUT2D eigenvalue weighted by atomic mass is 79.9. The van der Waals surface area contributed by atoms with Crippen molar-refractivity contribution in [3.05, 3.63) is 51.5 Å². The first kappa shape index (κ1) is 29.2. The van der Waals surface area contributed by atoms with Gasteiger partial charge in [0.15, 0.2) is 0 Å². The number of benzene rings is 2. The number of piperidine rings is 2. The summed E-state index contributed by atoms with van der Waals surface area (Å²) in [6.45, 7) is 2.27. The molecule has 2 fully saturated rings. The largest absolute Gasteiger partial charge is 0.507 e. The Kier molecular flexibility index (Phi) is 8.77. The summed E-state index contributed by atoms with van der Waals surface area (Å²) in [7, 11) is 0. The number of nitrogens with two attached hydrogens (primary N) is 4. The highest BCUT2D eigenvalue weighted by Gasteiger charge is 2.29. The van der Waals surface area contributed by atoms with Gasteiger partial charge in [-0.15, -0.1) is 0 Å². The van der Waals surface area contributed by atoms with Gasteiger partial charge in [-0.05, 0) is 65.2 Å². The number of carbonyl (C=O) groups excluding carboxylic acids is 1. The molecule has 3 aromatic rings. The average Bonchev–Trinajstić information content (AvgIpc) is 2.89. The van der Waals surface area contributed by atoms with Crippen molar-refractivity contribution in [3.63, 3.8) is 0 Å². The van der Waals surface area contributed by atoms with E-state index in [-0.39, 0.29) is 35.5 Å². The molecule has 0 unspecified atom stereocenters. The fraction of sp³-hybridized carbons (Fsp3) is 0.385. The fourth-order valence-electron chi connectivity index (χ4n) is 5.09. The lowest BCUT2D eigenvalue weighted by molar-refractivity contribution is 0.102. The lowest BCUT2D eigenvalue weighted by Crippen LogP contribution is -2.54. The van der Waals surface area contributed by atoms with Crippen molar-refractivity contribution in [1.29, 1.82) is 0 Å². The van der Waals surface area contributed by atoms with E-state index in [1.54, 1.807) is 18.2 Å². The van der Waals surface area contributed by atoms with E-state index in [4.69, 9.17) is 39.5 Å². The monoisotopic (exact) mass is 645 g/mol. The van der Waals surface area contributed by atoms with Gasteiger partial charge in [-0.1, -0.05) is 11.6 Å². The standard InChI is InChI=1S/C26H33BrClN11O2/c27-20-8-18(2-4-21(20)34-23(41)19-3-1-13(28)5-22(19)40)33-24-35-25(38-9-14(29)6-15(30)10-38)37-26(36-24)39-11-16(31)7-17(32)12-39/h1-5,8,14-17,40H,6-7,9-12,29-32H2,(H,34,41)(H,33,35,36,37)/t14-,15+,16-,17+. The smallest absolute Gasteiger partial charge is 0.259 e. The highest BCUT2D eigenvalue weighted by molar-refractivity contribution is 9.10. The molecule has 1 aromatic heterocycles. The van der Waals surface area contributed by atoms with Gasteiger partial charge in [0.05, 0.1) is 11.3 Å². The summed E-state index contributed by atoms with van der Waals surface area (Å²) in [5.41, 5.74) is 26.2. The maximum Gasteiger partial charge on any atom is 0.259 e. The maximum atomic E-state index is 12.7. The van der Waals surface area contributed by atoms with Gasteiger partial charge in [-0.3, -0.25) is 4.79 Å². The zero-order chi connectivity index (χ0) is 29.3.